The highest BCUT2D eigenvalue weighted by molar-refractivity contribution is 7.07. The Balaban J connectivity index is -0.0000000303. The average molecular weight is 963 g/mol. The number of thiophene rings is 1. The van der Waals surface area contributed by atoms with Gasteiger partial charge in [-0.25, -0.2) is 0 Å². The number of aryl methyl sites for hydroxylation is 1. The van der Waals surface area contributed by atoms with Gasteiger partial charge in [0.05, 0.1) is 12.5 Å². The summed E-state index contributed by atoms with van der Waals surface area (Å²) in [5.74, 6) is 0. The third kappa shape index (κ3) is 155. The lowest BCUT2D eigenvalue weighted by Crippen LogP contribution is -1.67. The van der Waals surface area contributed by atoms with Crippen molar-refractivity contribution in [3.8, 4) is 0 Å². The predicted octanol–water partition coefficient (Wildman–Crippen LogP) is 26.4. The number of aromatic nitrogens is 1. The van der Waals surface area contributed by atoms with Crippen LogP contribution in [0.3, 0.4) is 0 Å². The third-order valence-electron chi connectivity index (χ3n) is 4.02. The zero-order valence-corrected chi connectivity index (χ0v) is 53.6. The second-order valence-corrected chi connectivity index (χ2v) is 7.43. The van der Waals surface area contributed by atoms with E-state index in [-0.39, 0.29) is 0 Å². The predicted molar refractivity (Wildman–Crippen MR) is 335 cm³/mol. The van der Waals surface area contributed by atoms with Gasteiger partial charge < -0.3 is 4.42 Å². The second kappa shape index (κ2) is 199. The summed E-state index contributed by atoms with van der Waals surface area (Å²) < 4.78 is 4.58. The zero-order valence-electron chi connectivity index (χ0n) is 52.8. The number of furan rings is 1. The summed E-state index contributed by atoms with van der Waals surface area (Å²) in [6, 6.07) is 40.4. The number of pyridine rings is 1. The molecule has 0 radical (unpaired) electrons. The molecule has 0 aliphatic carbocycles. The van der Waals surface area contributed by atoms with Crippen molar-refractivity contribution >= 4 is 22.1 Å². The van der Waals surface area contributed by atoms with Crippen LogP contribution in [0, 0.1) is 6.92 Å². The van der Waals surface area contributed by atoms with Crippen LogP contribution in [-0.4, -0.2) is 4.98 Å². The summed E-state index contributed by atoms with van der Waals surface area (Å²) in [6.07, 6.45) is 6.75. The molecule has 3 heteroatoms. The lowest BCUT2D eigenvalue weighted by atomic mass is 10.1. The number of rotatable bonds is 0. The Morgan fingerprint density at radius 2 is 0.493 bits per heavy atom. The maximum Gasteiger partial charge on any atom is 0.0902 e. The summed E-state index contributed by atoms with van der Waals surface area (Å²) in [6.45, 7) is 70.1. The lowest BCUT2D eigenvalue weighted by Gasteiger charge is -1.92. The molecule has 0 saturated heterocycles. The fraction of sp³-hybridized carbons (Fsp3) is 0.547. The summed E-state index contributed by atoms with van der Waals surface area (Å²) in [7, 11) is 0. The summed E-state index contributed by atoms with van der Waals surface area (Å²) >= 11 is 1.71. The first-order valence-electron chi connectivity index (χ1n) is 27.6. The van der Waals surface area contributed by atoms with Crippen molar-refractivity contribution in [1.82, 2.24) is 4.98 Å². The Bertz CT molecular complexity index is 1010. The minimum atomic E-state index is 1.31. The Kier molecular flexibility index (Phi) is 326. The van der Waals surface area contributed by atoms with Crippen molar-refractivity contribution in [2.45, 2.75) is 242 Å². The molecular formula is C64H131NOS. The largest absolute Gasteiger partial charge is 0.473 e. The van der Waals surface area contributed by atoms with E-state index >= 15 is 0 Å². The fourth-order valence-electron chi connectivity index (χ4n) is 2.43. The molecule has 0 fully saturated rings. The third-order valence-corrected chi connectivity index (χ3v) is 4.64. The molecule has 404 valence electrons. The van der Waals surface area contributed by atoms with E-state index in [1.165, 1.54) is 16.3 Å². The molecule has 0 aliphatic rings. The molecule has 0 bridgehead atoms. The molecule has 67 heavy (non-hydrogen) atoms. The summed E-state index contributed by atoms with van der Waals surface area (Å²) in [4.78, 5) is 3.78. The monoisotopic (exact) mass is 962 g/mol. The van der Waals surface area contributed by atoms with Gasteiger partial charge in [-0.05, 0) is 52.7 Å². The van der Waals surface area contributed by atoms with Gasteiger partial charge in [0, 0.05) is 12.4 Å². The van der Waals surface area contributed by atoms with E-state index in [1.807, 2.05) is 307 Å². The maximum atomic E-state index is 4.58. The first-order chi connectivity index (χ1) is 33.4. The lowest BCUT2D eigenvalue weighted by molar-refractivity contribution is 0.567. The van der Waals surface area contributed by atoms with Crippen molar-refractivity contribution < 1.29 is 4.42 Å². The summed E-state index contributed by atoms with van der Waals surface area (Å²) in [5.41, 5.74) is 1.32. The van der Waals surface area contributed by atoms with Crippen LogP contribution >= 0.6 is 11.3 Å². The van der Waals surface area contributed by atoms with Crippen molar-refractivity contribution in [1.29, 1.82) is 0 Å². The van der Waals surface area contributed by atoms with Crippen molar-refractivity contribution in [2.75, 3.05) is 0 Å². The smallest absolute Gasteiger partial charge is 0.0902 e. The molecule has 6 aromatic rings. The van der Waals surface area contributed by atoms with Crippen LogP contribution in [0.15, 0.2) is 161 Å². The number of hydrogen-bond acceptors (Lipinski definition) is 3. The molecular weight excluding hydrogens is 831 g/mol. The van der Waals surface area contributed by atoms with E-state index in [9.17, 15) is 0 Å². The first-order valence-corrected chi connectivity index (χ1v) is 28.6. The Labute approximate surface area is 434 Å². The molecule has 3 heterocycles. The highest BCUT2D eigenvalue weighted by Crippen LogP contribution is 2.11. The van der Waals surface area contributed by atoms with Gasteiger partial charge in [-0.3, -0.25) is 4.98 Å². The SMILES string of the molecule is CC.CC.CC.CC.CC.CC.CC.CC.CC.CC.CC.CC.CC.CC.CC.CC.CC.Cc1ccccc1.c1ccc2ccccc2c1.c1ccncc1.c1ccoc1.c1ccsc1. The van der Waals surface area contributed by atoms with E-state index in [0.29, 0.717) is 0 Å². The number of benzene rings is 3. The minimum Gasteiger partial charge on any atom is -0.473 e. The number of hydrogen-bond donors (Lipinski definition) is 0. The first kappa shape index (κ1) is 110. The zero-order chi connectivity index (χ0) is 57.2. The Morgan fingerprint density at radius 3 is 0.612 bits per heavy atom. The molecule has 3 aromatic heterocycles. The second-order valence-electron chi connectivity index (χ2n) is 6.61. The van der Waals surface area contributed by atoms with Crippen molar-refractivity contribution in [2.24, 2.45) is 0 Å². The van der Waals surface area contributed by atoms with Crippen LogP contribution in [0.4, 0.5) is 0 Å². The molecule has 0 atom stereocenters. The molecule has 0 spiro atoms. The molecule has 0 aliphatic heterocycles. The van der Waals surface area contributed by atoms with Crippen LogP contribution in [0.5, 0.6) is 0 Å². The molecule has 3 aromatic carbocycles. The Hall–Kier alpha value is -3.95. The van der Waals surface area contributed by atoms with E-state index < -0.39 is 0 Å². The Morgan fingerprint density at radius 1 is 0.269 bits per heavy atom. The van der Waals surface area contributed by atoms with Gasteiger partial charge in [-0.1, -0.05) is 338 Å². The van der Waals surface area contributed by atoms with Crippen LogP contribution < -0.4 is 0 Å². The number of fused-ring (bicyclic) bond motifs is 1. The normalized spacial score (nSPS) is 5.84. The van der Waals surface area contributed by atoms with Crippen LogP contribution in [0.1, 0.15) is 241 Å². The van der Waals surface area contributed by atoms with Crippen molar-refractivity contribution in [3.05, 3.63) is 163 Å². The quantitative estimate of drug-likeness (QED) is 0.152. The molecule has 0 unspecified atom stereocenters. The van der Waals surface area contributed by atoms with Gasteiger partial charge in [-0.15, -0.1) is 0 Å². The highest BCUT2D eigenvalue weighted by Gasteiger charge is 1.85. The average Bonchev–Trinajstić information content (AvgIpc) is 4.31. The maximum absolute atomic E-state index is 4.58. The van der Waals surface area contributed by atoms with Gasteiger partial charge >= 0.3 is 0 Å². The molecule has 0 saturated carbocycles. The van der Waals surface area contributed by atoms with E-state index in [2.05, 4.69) is 77.0 Å². The van der Waals surface area contributed by atoms with Crippen LogP contribution in [0.2, 0.25) is 0 Å². The van der Waals surface area contributed by atoms with E-state index in [0.717, 1.165) is 0 Å². The van der Waals surface area contributed by atoms with E-state index in [4.69, 9.17) is 0 Å². The molecule has 2 nitrogen and oxygen atoms in total. The topological polar surface area (TPSA) is 26.0 Å². The fourth-order valence-corrected chi connectivity index (χ4v) is 2.89. The molecule has 0 N–H and O–H groups in total. The van der Waals surface area contributed by atoms with Crippen LogP contribution in [0.25, 0.3) is 10.8 Å². The van der Waals surface area contributed by atoms with E-state index in [1.54, 1.807) is 36.3 Å². The summed E-state index contributed by atoms with van der Waals surface area (Å²) in [5, 5.41) is 6.70. The highest BCUT2D eigenvalue weighted by atomic mass is 32.1. The van der Waals surface area contributed by atoms with Gasteiger partial charge in [-0.2, -0.15) is 11.3 Å². The molecule has 0 amide bonds. The van der Waals surface area contributed by atoms with Gasteiger partial charge in [0.15, 0.2) is 0 Å². The van der Waals surface area contributed by atoms with Crippen LogP contribution in [-0.2, 0) is 0 Å². The van der Waals surface area contributed by atoms with Gasteiger partial charge in [0.1, 0.15) is 0 Å². The molecule has 6 rings (SSSR count). The van der Waals surface area contributed by atoms with Gasteiger partial charge in [0.2, 0.25) is 0 Å². The number of nitrogens with zero attached hydrogens (tertiary/aromatic N) is 1. The minimum absolute atomic E-state index is 1.31. The van der Waals surface area contributed by atoms with Gasteiger partial charge in [0.25, 0.3) is 0 Å². The van der Waals surface area contributed by atoms with Crippen molar-refractivity contribution in [3.63, 3.8) is 0 Å². The standard InChI is InChI=1S/C10H8.C7H8.C5H5N.C4H4O.C4H4S.17C2H6/c1-2-6-10-8-4-3-7-9(10)5-1;1-7-5-3-2-4-6-7;1-2-4-6-5-3-1;2*1-2-4-5-3-1;17*1-2/h1-8H;2-6H,1H3;1-5H;2*1-4H;17*1-2H3.